The van der Waals surface area contributed by atoms with Crippen molar-refractivity contribution in [1.82, 2.24) is 10.2 Å². The fourth-order valence-corrected chi connectivity index (χ4v) is 3.08. The molecule has 0 aromatic carbocycles. The molecule has 116 valence electrons. The van der Waals surface area contributed by atoms with Crippen molar-refractivity contribution in [2.75, 3.05) is 18.0 Å². The van der Waals surface area contributed by atoms with E-state index in [9.17, 15) is 0 Å². The van der Waals surface area contributed by atoms with Crippen LogP contribution in [0.5, 0.6) is 0 Å². The van der Waals surface area contributed by atoms with E-state index in [0.717, 1.165) is 55.0 Å². The Morgan fingerprint density at radius 2 is 2.14 bits per heavy atom. The van der Waals surface area contributed by atoms with Crippen molar-refractivity contribution < 1.29 is 5.21 Å². The molecule has 6 heteroatoms. The first-order chi connectivity index (χ1) is 10.1. The monoisotopic (exact) mass is 291 g/mol. The molecule has 1 aliphatic rings. The smallest absolute Gasteiger partial charge is 0.174 e. The Morgan fingerprint density at radius 1 is 1.38 bits per heavy atom. The maximum atomic E-state index is 9.14. The second kappa shape index (κ2) is 6.74. The van der Waals surface area contributed by atoms with Gasteiger partial charge in [0.15, 0.2) is 11.7 Å². The Morgan fingerprint density at radius 3 is 2.71 bits per heavy atom. The van der Waals surface area contributed by atoms with Gasteiger partial charge < -0.3 is 15.8 Å². The summed E-state index contributed by atoms with van der Waals surface area (Å²) in [7, 11) is 0. The standard InChI is InChI=1S/C15H25N5O/c1-4-11-12(5-2)17-18-15(13(11)14(16)19-21)20-8-6-7-10(3)9-20/h10,21H,4-9H2,1-3H3,(H2,16,19). The Labute approximate surface area is 126 Å². The molecular weight excluding hydrogens is 266 g/mol. The lowest BCUT2D eigenvalue weighted by molar-refractivity contribution is 0.318. The van der Waals surface area contributed by atoms with E-state index in [4.69, 9.17) is 10.9 Å². The quantitative estimate of drug-likeness (QED) is 0.383. The minimum Gasteiger partial charge on any atom is -0.409 e. The molecule has 1 saturated heterocycles. The largest absolute Gasteiger partial charge is 0.409 e. The first kappa shape index (κ1) is 15.5. The summed E-state index contributed by atoms with van der Waals surface area (Å²) < 4.78 is 0. The molecular formula is C15H25N5O. The van der Waals surface area contributed by atoms with Crippen LogP contribution in [0, 0.1) is 5.92 Å². The molecule has 2 rings (SSSR count). The van der Waals surface area contributed by atoms with Gasteiger partial charge in [0.1, 0.15) is 0 Å². The summed E-state index contributed by atoms with van der Waals surface area (Å²) in [5.74, 6) is 1.51. The first-order valence-corrected chi connectivity index (χ1v) is 7.73. The highest BCUT2D eigenvalue weighted by Gasteiger charge is 2.25. The average molecular weight is 291 g/mol. The van der Waals surface area contributed by atoms with Crippen molar-refractivity contribution in [3.05, 3.63) is 16.8 Å². The van der Waals surface area contributed by atoms with E-state index in [1.807, 2.05) is 6.92 Å². The van der Waals surface area contributed by atoms with Crippen LogP contribution >= 0.6 is 0 Å². The lowest BCUT2D eigenvalue weighted by Crippen LogP contribution is -2.37. The molecule has 0 amide bonds. The molecule has 0 aliphatic carbocycles. The van der Waals surface area contributed by atoms with Crippen LogP contribution in [0.25, 0.3) is 0 Å². The van der Waals surface area contributed by atoms with Gasteiger partial charge in [0.05, 0.1) is 11.3 Å². The van der Waals surface area contributed by atoms with E-state index in [1.165, 1.54) is 6.42 Å². The van der Waals surface area contributed by atoms with Crippen LogP contribution in [0.15, 0.2) is 5.16 Å². The number of hydrogen-bond acceptors (Lipinski definition) is 5. The maximum absolute atomic E-state index is 9.14. The van der Waals surface area contributed by atoms with Gasteiger partial charge in [-0.05, 0) is 37.2 Å². The number of rotatable bonds is 4. The fourth-order valence-electron chi connectivity index (χ4n) is 3.08. The van der Waals surface area contributed by atoms with Crippen molar-refractivity contribution in [1.29, 1.82) is 0 Å². The Kier molecular flexibility index (Phi) is 4.98. The maximum Gasteiger partial charge on any atom is 0.174 e. The molecule has 1 aromatic rings. The van der Waals surface area contributed by atoms with Crippen molar-refractivity contribution in [2.45, 2.75) is 46.5 Å². The zero-order chi connectivity index (χ0) is 15.4. The van der Waals surface area contributed by atoms with Gasteiger partial charge in [0.2, 0.25) is 0 Å². The molecule has 6 nitrogen and oxygen atoms in total. The second-order valence-corrected chi connectivity index (χ2v) is 5.71. The molecule has 0 radical (unpaired) electrons. The molecule has 1 unspecified atom stereocenters. The number of oxime groups is 1. The summed E-state index contributed by atoms with van der Waals surface area (Å²) in [6.45, 7) is 8.23. The zero-order valence-corrected chi connectivity index (χ0v) is 13.1. The summed E-state index contributed by atoms with van der Waals surface area (Å²) in [5.41, 5.74) is 8.65. The highest BCUT2D eigenvalue weighted by molar-refractivity contribution is 6.03. The molecule has 1 fully saturated rings. The summed E-state index contributed by atoms with van der Waals surface area (Å²) in [5, 5.41) is 21.1. The zero-order valence-electron chi connectivity index (χ0n) is 13.1. The van der Waals surface area contributed by atoms with Gasteiger partial charge >= 0.3 is 0 Å². The Hall–Kier alpha value is -1.85. The molecule has 1 aromatic heterocycles. The number of piperidine rings is 1. The molecule has 1 atom stereocenters. The number of nitrogens with two attached hydrogens (primary N) is 1. The van der Waals surface area contributed by atoms with Gasteiger partial charge in [-0.15, -0.1) is 5.10 Å². The average Bonchev–Trinajstić information content (AvgIpc) is 2.52. The lowest BCUT2D eigenvalue weighted by atomic mass is 9.97. The van der Waals surface area contributed by atoms with Gasteiger partial charge in [-0.2, -0.15) is 5.10 Å². The predicted octanol–water partition coefficient (Wildman–Crippen LogP) is 1.93. The number of aryl methyl sites for hydroxylation is 1. The lowest BCUT2D eigenvalue weighted by Gasteiger charge is -2.33. The summed E-state index contributed by atoms with van der Waals surface area (Å²) in [4.78, 5) is 2.22. The van der Waals surface area contributed by atoms with Gasteiger partial charge in [0.25, 0.3) is 0 Å². The van der Waals surface area contributed by atoms with Gasteiger partial charge in [0, 0.05) is 13.1 Å². The minimum absolute atomic E-state index is 0.129. The topological polar surface area (TPSA) is 87.6 Å². The van der Waals surface area contributed by atoms with E-state index in [-0.39, 0.29) is 5.84 Å². The highest BCUT2D eigenvalue weighted by atomic mass is 16.4. The number of nitrogens with zero attached hydrogens (tertiary/aromatic N) is 4. The highest BCUT2D eigenvalue weighted by Crippen LogP contribution is 2.27. The van der Waals surface area contributed by atoms with E-state index in [1.54, 1.807) is 0 Å². The van der Waals surface area contributed by atoms with Gasteiger partial charge in [-0.1, -0.05) is 25.9 Å². The van der Waals surface area contributed by atoms with Crippen LogP contribution < -0.4 is 10.6 Å². The fraction of sp³-hybridized carbons (Fsp3) is 0.667. The summed E-state index contributed by atoms with van der Waals surface area (Å²) in [6, 6.07) is 0. The third-order valence-corrected chi connectivity index (χ3v) is 4.15. The third-order valence-electron chi connectivity index (χ3n) is 4.15. The van der Waals surface area contributed by atoms with Crippen LogP contribution in [-0.4, -0.2) is 34.3 Å². The van der Waals surface area contributed by atoms with Crippen LogP contribution in [0.2, 0.25) is 0 Å². The first-order valence-electron chi connectivity index (χ1n) is 7.73. The molecule has 21 heavy (non-hydrogen) atoms. The predicted molar refractivity (Wildman–Crippen MR) is 83.9 cm³/mol. The minimum atomic E-state index is 0.129. The number of amidine groups is 1. The van der Waals surface area contributed by atoms with Crippen LogP contribution in [0.3, 0.4) is 0 Å². The molecule has 0 spiro atoms. The van der Waals surface area contributed by atoms with Crippen LogP contribution in [0.4, 0.5) is 5.82 Å². The van der Waals surface area contributed by atoms with E-state index >= 15 is 0 Å². The third kappa shape index (κ3) is 3.09. The van der Waals surface area contributed by atoms with Crippen molar-refractivity contribution in [2.24, 2.45) is 16.8 Å². The number of hydrogen-bond donors (Lipinski definition) is 2. The second-order valence-electron chi connectivity index (χ2n) is 5.71. The molecule has 0 saturated carbocycles. The number of anilines is 1. The molecule has 3 N–H and O–H groups in total. The van der Waals surface area contributed by atoms with Gasteiger partial charge in [-0.3, -0.25) is 0 Å². The van der Waals surface area contributed by atoms with E-state index in [0.29, 0.717) is 5.92 Å². The van der Waals surface area contributed by atoms with Crippen molar-refractivity contribution in [3.63, 3.8) is 0 Å². The summed E-state index contributed by atoms with van der Waals surface area (Å²) in [6.07, 6.45) is 3.95. The van der Waals surface area contributed by atoms with Crippen molar-refractivity contribution in [3.8, 4) is 0 Å². The number of aromatic nitrogens is 2. The van der Waals surface area contributed by atoms with Crippen LogP contribution in [0.1, 0.15) is 50.4 Å². The Bertz CT molecular complexity index is 529. The SMILES string of the molecule is CCc1nnc(N2CCCC(C)C2)c(C(N)=NO)c1CC. The molecule has 0 bridgehead atoms. The summed E-state index contributed by atoms with van der Waals surface area (Å²) >= 11 is 0. The van der Waals surface area contributed by atoms with Crippen LogP contribution in [-0.2, 0) is 12.8 Å². The van der Waals surface area contributed by atoms with Crippen molar-refractivity contribution >= 4 is 11.7 Å². The van der Waals surface area contributed by atoms with E-state index < -0.39 is 0 Å². The van der Waals surface area contributed by atoms with Gasteiger partial charge in [-0.25, -0.2) is 0 Å². The Balaban J connectivity index is 2.54. The molecule has 2 heterocycles. The van der Waals surface area contributed by atoms with E-state index in [2.05, 4.69) is 34.1 Å². The molecule has 1 aliphatic heterocycles. The normalized spacial score (nSPS) is 19.9.